The molecule has 1 aliphatic rings. The van der Waals surface area contributed by atoms with E-state index in [1.54, 1.807) is 0 Å². The molecule has 0 bridgehead atoms. The van der Waals surface area contributed by atoms with Crippen molar-refractivity contribution in [3.05, 3.63) is 52.1 Å². The van der Waals surface area contributed by atoms with Gasteiger partial charge in [-0.1, -0.05) is 32.4 Å². The lowest BCUT2D eigenvalue weighted by Crippen LogP contribution is -2.17. The summed E-state index contributed by atoms with van der Waals surface area (Å²) < 4.78 is 0. The van der Waals surface area contributed by atoms with E-state index < -0.39 is 0 Å². The Labute approximate surface area is 141 Å². The van der Waals surface area contributed by atoms with Crippen LogP contribution in [-0.4, -0.2) is 12.9 Å². The van der Waals surface area contributed by atoms with E-state index in [1.807, 2.05) is 7.05 Å². The highest BCUT2D eigenvalue weighted by Gasteiger charge is 2.18. The predicted molar refractivity (Wildman–Crippen MR) is 102 cm³/mol. The molecule has 124 valence electrons. The number of hydrogen-bond donors (Lipinski definition) is 1. The molecule has 1 N–H and O–H groups in total. The Bertz CT molecular complexity index is 661. The van der Waals surface area contributed by atoms with Crippen molar-refractivity contribution in [2.24, 2.45) is 10.9 Å². The minimum Gasteiger partial charge on any atom is -0.340 e. The van der Waals surface area contributed by atoms with Crippen LogP contribution in [0.15, 0.2) is 34.9 Å². The van der Waals surface area contributed by atoms with Crippen LogP contribution in [0.2, 0.25) is 0 Å². The Morgan fingerprint density at radius 2 is 1.96 bits per heavy atom. The molecule has 2 rings (SSSR count). The molecule has 0 spiro atoms. The lowest BCUT2D eigenvalue weighted by Gasteiger charge is -2.14. The van der Waals surface area contributed by atoms with E-state index in [-0.39, 0.29) is 0 Å². The van der Waals surface area contributed by atoms with Crippen LogP contribution in [0.1, 0.15) is 55.9 Å². The molecule has 0 saturated carbocycles. The average molecular weight is 310 g/mol. The zero-order chi connectivity index (χ0) is 17.0. The molecule has 0 aliphatic carbocycles. The lowest BCUT2D eigenvalue weighted by atomic mass is 9.94. The first-order valence-corrected chi connectivity index (χ1v) is 8.69. The van der Waals surface area contributed by atoms with Crippen molar-refractivity contribution in [2.45, 2.75) is 53.9 Å². The Balaban J connectivity index is 2.30. The van der Waals surface area contributed by atoms with Crippen LogP contribution >= 0.6 is 0 Å². The van der Waals surface area contributed by atoms with E-state index in [0.717, 1.165) is 18.2 Å². The fourth-order valence-electron chi connectivity index (χ4n) is 3.08. The summed E-state index contributed by atoms with van der Waals surface area (Å²) in [5, 5.41) is 3.47. The fraction of sp³-hybridized carbons (Fsp3) is 0.476. The molecule has 1 aromatic carbocycles. The van der Waals surface area contributed by atoms with Gasteiger partial charge in [0, 0.05) is 23.9 Å². The first-order valence-electron chi connectivity index (χ1n) is 8.69. The van der Waals surface area contributed by atoms with Crippen molar-refractivity contribution in [2.75, 3.05) is 7.05 Å². The van der Waals surface area contributed by atoms with Crippen molar-refractivity contribution in [1.82, 2.24) is 5.32 Å². The van der Waals surface area contributed by atoms with Gasteiger partial charge in [-0.05, 0) is 68.4 Å². The van der Waals surface area contributed by atoms with Crippen LogP contribution in [-0.2, 0) is 6.42 Å². The molecule has 1 heterocycles. The molecule has 1 aliphatic heterocycles. The van der Waals surface area contributed by atoms with Crippen molar-refractivity contribution in [1.29, 1.82) is 0 Å². The Kier molecular flexibility index (Phi) is 5.81. The molecular weight excluding hydrogens is 280 g/mol. The molecule has 23 heavy (non-hydrogen) atoms. The second-order valence-corrected chi connectivity index (χ2v) is 6.87. The summed E-state index contributed by atoms with van der Waals surface area (Å²) in [6.45, 7) is 11.1. The van der Waals surface area contributed by atoms with Gasteiger partial charge in [-0.25, -0.2) is 0 Å². The van der Waals surface area contributed by atoms with Crippen LogP contribution in [0.25, 0.3) is 5.70 Å². The summed E-state index contributed by atoms with van der Waals surface area (Å²) in [7, 11) is 1.84. The number of nitrogens with one attached hydrogen (secondary N) is 1. The van der Waals surface area contributed by atoms with Crippen molar-refractivity contribution in [3.8, 4) is 0 Å². The van der Waals surface area contributed by atoms with Gasteiger partial charge >= 0.3 is 0 Å². The maximum atomic E-state index is 4.34. The molecular formula is C21H30N2. The lowest BCUT2D eigenvalue weighted by molar-refractivity contribution is 0.555. The van der Waals surface area contributed by atoms with Gasteiger partial charge in [0.1, 0.15) is 5.84 Å². The largest absolute Gasteiger partial charge is 0.340 e. The molecule has 0 unspecified atom stereocenters. The monoisotopic (exact) mass is 310 g/mol. The smallest absolute Gasteiger partial charge is 0.132 e. The van der Waals surface area contributed by atoms with Gasteiger partial charge < -0.3 is 5.32 Å². The van der Waals surface area contributed by atoms with Gasteiger partial charge in [-0.3, -0.25) is 4.99 Å². The van der Waals surface area contributed by atoms with Gasteiger partial charge in [0.25, 0.3) is 0 Å². The maximum absolute atomic E-state index is 4.34. The standard InChI is InChI=1S/C21H30N2/c1-7-18-13-20(23-21(18)22-6)19-12-17(10-8-9-14(2)3)11-15(4)16(19)5/h7,11-14H,8-10H2,1-6H3,(H,22,23)/b18-7-. The molecule has 0 saturated heterocycles. The minimum atomic E-state index is 0.779. The van der Waals surface area contributed by atoms with Crippen molar-refractivity contribution < 1.29 is 0 Å². The highest BCUT2D eigenvalue weighted by atomic mass is 15.0. The second-order valence-electron chi connectivity index (χ2n) is 6.87. The number of aryl methyl sites for hydroxylation is 2. The van der Waals surface area contributed by atoms with E-state index >= 15 is 0 Å². The van der Waals surface area contributed by atoms with Crippen molar-refractivity contribution >= 4 is 11.5 Å². The summed E-state index contributed by atoms with van der Waals surface area (Å²) in [4.78, 5) is 4.34. The first-order chi connectivity index (χ1) is 11.0. The van der Waals surface area contributed by atoms with Crippen molar-refractivity contribution in [3.63, 3.8) is 0 Å². The number of benzene rings is 1. The number of amidine groups is 1. The van der Waals surface area contributed by atoms with Gasteiger partial charge in [0.05, 0.1) is 0 Å². The molecule has 0 aromatic heterocycles. The first kappa shape index (κ1) is 17.5. The highest BCUT2D eigenvalue weighted by molar-refractivity contribution is 6.11. The molecule has 0 amide bonds. The van der Waals surface area contributed by atoms with Crippen LogP contribution in [0.5, 0.6) is 0 Å². The van der Waals surface area contributed by atoms with E-state index in [4.69, 9.17) is 0 Å². The second kappa shape index (κ2) is 7.63. The quantitative estimate of drug-likeness (QED) is 0.794. The average Bonchev–Trinajstić information content (AvgIpc) is 2.93. The molecule has 2 nitrogen and oxygen atoms in total. The molecule has 2 heteroatoms. The van der Waals surface area contributed by atoms with E-state index in [9.17, 15) is 0 Å². The Morgan fingerprint density at radius 1 is 1.22 bits per heavy atom. The molecule has 0 fully saturated rings. The zero-order valence-electron chi connectivity index (χ0n) is 15.5. The topological polar surface area (TPSA) is 24.4 Å². The van der Waals surface area contributed by atoms with Gasteiger partial charge in [0.2, 0.25) is 0 Å². The van der Waals surface area contributed by atoms with Crippen LogP contribution in [0.3, 0.4) is 0 Å². The molecule has 0 atom stereocenters. The zero-order valence-corrected chi connectivity index (χ0v) is 15.5. The number of nitrogens with zero attached hydrogens (tertiary/aromatic N) is 1. The normalized spacial score (nSPS) is 18.0. The van der Waals surface area contributed by atoms with Crippen LogP contribution in [0, 0.1) is 19.8 Å². The fourth-order valence-corrected chi connectivity index (χ4v) is 3.08. The molecule has 1 aromatic rings. The van der Waals surface area contributed by atoms with E-state index in [2.05, 4.69) is 69.2 Å². The number of hydrogen-bond acceptors (Lipinski definition) is 1. The molecule has 0 radical (unpaired) electrons. The van der Waals surface area contributed by atoms with Crippen LogP contribution < -0.4 is 5.32 Å². The summed E-state index contributed by atoms with van der Waals surface area (Å²) in [5.41, 5.74) is 7.81. The minimum absolute atomic E-state index is 0.779. The van der Waals surface area contributed by atoms with E-state index in [0.29, 0.717) is 0 Å². The maximum Gasteiger partial charge on any atom is 0.132 e. The predicted octanol–water partition coefficient (Wildman–Crippen LogP) is 5.20. The summed E-state index contributed by atoms with van der Waals surface area (Å²) >= 11 is 0. The third kappa shape index (κ3) is 4.13. The van der Waals surface area contributed by atoms with Gasteiger partial charge in [-0.2, -0.15) is 0 Å². The third-order valence-corrected chi connectivity index (χ3v) is 4.63. The number of rotatable bonds is 5. The number of allylic oxidation sites excluding steroid dienone is 1. The Morgan fingerprint density at radius 3 is 2.52 bits per heavy atom. The summed E-state index contributed by atoms with van der Waals surface area (Å²) in [5.74, 6) is 1.74. The third-order valence-electron chi connectivity index (χ3n) is 4.63. The van der Waals surface area contributed by atoms with Gasteiger partial charge in [-0.15, -0.1) is 0 Å². The SMILES string of the molecule is C/C=C1/C=C(c2cc(CCCC(C)C)cc(C)c2C)NC1=NC. The van der Waals surface area contributed by atoms with E-state index in [1.165, 1.54) is 46.4 Å². The summed E-state index contributed by atoms with van der Waals surface area (Å²) in [6.07, 6.45) is 8.02. The van der Waals surface area contributed by atoms with Crippen LogP contribution in [0.4, 0.5) is 0 Å². The number of aliphatic imine (C=N–C) groups is 1. The Hall–Kier alpha value is -1.83. The van der Waals surface area contributed by atoms with Gasteiger partial charge in [0.15, 0.2) is 0 Å². The summed E-state index contributed by atoms with van der Waals surface area (Å²) in [6, 6.07) is 4.70. The highest BCUT2D eigenvalue weighted by Crippen LogP contribution is 2.27.